The number of amides is 1. The summed E-state index contributed by atoms with van der Waals surface area (Å²) in [5, 5.41) is 2.57. The van der Waals surface area contributed by atoms with Gasteiger partial charge in [-0.25, -0.2) is 22.8 Å². The Labute approximate surface area is 160 Å². The second kappa shape index (κ2) is 8.01. The van der Waals surface area contributed by atoms with E-state index in [2.05, 4.69) is 20.0 Å². The van der Waals surface area contributed by atoms with Crippen LogP contribution in [0.25, 0.3) is 0 Å². The monoisotopic (exact) mass is 402 g/mol. The van der Waals surface area contributed by atoms with Crippen molar-refractivity contribution in [2.45, 2.75) is 4.90 Å². The highest BCUT2D eigenvalue weighted by Gasteiger charge is 2.18. The maximum Gasteiger partial charge on any atom is 0.263 e. The molecule has 1 aromatic heterocycles. The van der Waals surface area contributed by atoms with E-state index in [-0.39, 0.29) is 22.2 Å². The van der Waals surface area contributed by atoms with Gasteiger partial charge in [-0.2, -0.15) is 0 Å². The molecule has 0 aliphatic heterocycles. The molecule has 0 unspecified atom stereocenters. The van der Waals surface area contributed by atoms with Gasteiger partial charge in [-0.3, -0.25) is 9.52 Å². The molecule has 0 aliphatic rings. The van der Waals surface area contributed by atoms with Crippen molar-refractivity contribution in [2.75, 3.05) is 17.1 Å². The number of aromatic nitrogens is 2. The van der Waals surface area contributed by atoms with Crippen LogP contribution in [0.2, 0.25) is 0 Å². The van der Waals surface area contributed by atoms with Crippen molar-refractivity contribution in [3.8, 4) is 5.88 Å². The number of rotatable bonds is 6. The van der Waals surface area contributed by atoms with Gasteiger partial charge < -0.3 is 10.1 Å². The summed E-state index contributed by atoms with van der Waals surface area (Å²) in [5.41, 5.74) is 0.499. The smallest absolute Gasteiger partial charge is 0.263 e. The average Bonchev–Trinajstić information content (AvgIpc) is 2.68. The first-order valence-electron chi connectivity index (χ1n) is 7.94. The minimum absolute atomic E-state index is 0.0325. The lowest BCUT2D eigenvalue weighted by Gasteiger charge is -2.10. The van der Waals surface area contributed by atoms with Crippen LogP contribution in [0.1, 0.15) is 10.4 Å². The van der Waals surface area contributed by atoms with Crippen LogP contribution in [-0.4, -0.2) is 31.4 Å². The van der Waals surface area contributed by atoms with E-state index in [1.54, 1.807) is 0 Å². The Bertz CT molecular complexity index is 1100. The van der Waals surface area contributed by atoms with Crippen LogP contribution >= 0.6 is 0 Å². The minimum Gasteiger partial charge on any atom is -0.478 e. The zero-order valence-corrected chi connectivity index (χ0v) is 15.4. The Balaban J connectivity index is 1.75. The predicted octanol–water partition coefficient (Wildman–Crippen LogP) is 2.68. The highest BCUT2D eigenvalue weighted by atomic mass is 32.2. The zero-order valence-electron chi connectivity index (χ0n) is 14.6. The van der Waals surface area contributed by atoms with E-state index >= 15 is 0 Å². The predicted molar refractivity (Wildman–Crippen MR) is 100 cm³/mol. The highest BCUT2D eigenvalue weighted by Crippen LogP contribution is 2.22. The van der Waals surface area contributed by atoms with Gasteiger partial charge in [0, 0.05) is 23.6 Å². The maximum absolute atomic E-state index is 13.2. The summed E-state index contributed by atoms with van der Waals surface area (Å²) in [6.07, 6.45) is 2.69. The van der Waals surface area contributed by atoms with Gasteiger partial charge in [0.1, 0.15) is 5.82 Å². The fraction of sp³-hybridized carbons (Fsp3) is 0.0556. The number of carbonyl (C=O) groups is 1. The molecular weight excluding hydrogens is 387 g/mol. The summed E-state index contributed by atoms with van der Waals surface area (Å²) >= 11 is 0. The van der Waals surface area contributed by atoms with Crippen LogP contribution in [0.5, 0.6) is 5.88 Å². The second-order valence-electron chi connectivity index (χ2n) is 5.51. The van der Waals surface area contributed by atoms with Gasteiger partial charge in [0.15, 0.2) is 0 Å². The third-order valence-corrected chi connectivity index (χ3v) is 4.95. The van der Waals surface area contributed by atoms with Crippen LogP contribution in [0.3, 0.4) is 0 Å². The van der Waals surface area contributed by atoms with E-state index in [0.717, 1.165) is 6.07 Å². The quantitative estimate of drug-likeness (QED) is 0.656. The van der Waals surface area contributed by atoms with E-state index in [1.807, 2.05) is 0 Å². The summed E-state index contributed by atoms with van der Waals surface area (Å²) in [6, 6.07) is 10.7. The lowest BCUT2D eigenvalue weighted by Crippen LogP contribution is -2.15. The summed E-state index contributed by atoms with van der Waals surface area (Å²) in [6.45, 7) is 0. The van der Waals surface area contributed by atoms with Crippen molar-refractivity contribution in [1.29, 1.82) is 0 Å². The molecule has 28 heavy (non-hydrogen) atoms. The lowest BCUT2D eigenvalue weighted by atomic mass is 10.2. The molecule has 0 aliphatic carbocycles. The maximum atomic E-state index is 13.2. The molecular formula is C18H15FN4O4S. The van der Waals surface area contributed by atoms with Crippen molar-refractivity contribution in [3.63, 3.8) is 0 Å². The first kappa shape index (κ1) is 19.2. The van der Waals surface area contributed by atoms with E-state index in [9.17, 15) is 17.6 Å². The number of sulfonamides is 1. The topological polar surface area (TPSA) is 110 Å². The fourth-order valence-electron chi connectivity index (χ4n) is 2.28. The molecule has 8 nitrogen and oxygen atoms in total. The Morgan fingerprint density at radius 3 is 2.46 bits per heavy atom. The van der Waals surface area contributed by atoms with Crippen LogP contribution in [-0.2, 0) is 10.0 Å². The number of nitrogens with one attached hydrogen (secondary N) is 2. The summed E-state index contributed by atoms with van der Waals surface area (Å²) in [4.78, 5) is 19.8. The van der Waals surface area contributed by atoms with Crippen LogP contribution in [0.4, 0.5) is 15.9 Å². The number of benzene rings is 2. The van der Waals surface area contributed by atoms with Crippen LogP contribution < -0.4 is 14.8 Å². The van der Waals surface area contributed by atoms with Gasteiger partial charge in [0.05, 0.1) is 12.0 Å². The number of nitrogens with zero attached hydrogens (tertiary/aromatic N) is 2. The molecule has 1 amide bonds. The summed E-state index contributed by atoms with van der Waals surface area (Å²) < 4.78 is 45.5. The number of hydrogen-bond acceptors (Lipinski definition) is 6. The van der Waals surface area contributed by atoms with Gasteiger partial charge in [-0.15, -0.1) is 0 Å². The fourth-order valence-corrected chi connectivity index (χ4v) is 3.29. The van der Waals surface area contributed by atoms with Crippen molar-refractivity contribution >= 4 is 27.4 Å². The summed E-state index contributed by atoms with van der Waals surface area (Å²) in [5.74, 6) is -1.06. The third kappa shape index (κ3) is 4.41. The molecule has 0 saturated carbocycles. The van der Waals surface area contributed by atoms with Gasteiger partial charge >= 0.3 is 0 Å². The number of halogens is 1. The molecule has 3 aromatic rings. The highest BCUT2D eigenvalue weighted by molar-refractivity contribution is 7.92. The number of anilines is 2. The molecule has 2 N–H and O–H groups in total. The van der Waals surface area contributed by atoms with Crippen molar-refractivity contribution in [2.24, 2.45) is 0 Å². The molecule has 0 bridgehead atoms. The molecule has 0 spiro atoms. The Hall–Kier alpha value is -3.53. The number of carbonyl (C=O) groups excluding carboxylic acids is 1. The Morgan fingerprint density at radius 1 is 1.07 bits per heavy atom. The standard InChI is InChI=1S/C18H15FN4O4S/c1-27-18-16(20-9-10-21-18)23-28(25,26)15-7-5-14(6-8-15)22-17(24)12-3-2-4-13(19)11-12/h2-11H,1H3,(H,20,23)(H,22,24). The molecule has 1 heterocycles. The van der Waals surface area contributed by atoms with E-state index < -0.39 is 21.7 Å². The van der Waals surface area contributed by atoms with E-state index in [0.29, 0.717) is 5.69 Å². The Kier molecular flexibility index (Phi) is 5.50. The van der Waals surface area contributed by atoms with Crippen molar-refractivity contribution in [1.82, 2.24) is 9.97 Å². The number of hydrogen-bond donors (Lipinski definition) is 2. The largest absolute Gasteiger partial charge is 0.478 e. The minimum atomic E-state index is -3.94. The molecule has 0 saturated heterocycles. The first-order chi connectivity index (χ1) is 13.4. The van der Waals surface area contributed by atoms with Crippen LogP contribution in [0.15, 0.2) is 65.8 Å². The van der Waals surface area contributed by atoms with Gasteiger partial charge in [0.25, 0.3) is 21.8 Å². The lowest BCUT2D eigenvalue weighted by molar-refractivity contribution is 0.102. The van der Waals surface area contributed by atoms with Gasteiger partial charge in [-0.05, 0) is 42.5 Å². The molecule has 2 aromatic carbocycles. The van der Waals surface area contributed by atoms with Crippen molar-refractivity contribution in [3.05, 3.63) is 72.3 Å². The Morgan fingerprint density at radius 2 is 1.79 bits per heavy atom. The van der Waals surface area contributed by atoms with E-state index in [4.69, 9.17) is 4.74 Å². The SMILES string of the molecule is COc1nccnc1NS(=O)(=O)c1ccc(NC(=O)c2cccc(F)c2)cc1. The van der Waals surface area contributed by atoms with Crippen molar-refractivity contribution < 1.29 is 22.3 Å². The number of methoxy groups -OCH3 is 1. The third-order valence-electron chi connectivity index (χ3n) is 3.60. The van der Waals surface area contributed by atoms with Gasteiger partial charge in [0.2, 0.25) is 5.82 Å². The average molecular weight is 402 g/mol. The molecule has 0 fully saturated rings. The van der Waals surface area contributed by atoms with Gasteiger partial charge in [-0.1, -0.05) is 6.07 Å². The second-order valence-corrected chi connectivity index (χ2v) is 7.19. The normalized spacial score (nSPS) is 10.9. The van der Waals surface area contributed by atoms with Crippen LogP contribution in [0, 0.1) is 5.82 Å². The number of ether oxygens (including phenoxy) is 1. The molecule has 10 heteroatoms. The molecule has 3 rings (SSSR count). The molecule has 0 atom stereocenters. The zero-order chi connectivity index (χ0) is 20.1. The summed E-state index contributed by atoms with van der Waals surface area (Å²) in [7, 11) is -2.60. The molecule has 144 valence electrons. The molecule has 0 radical (unpaired) electrons. The first-order valence-corrected chi connectivity index (χ1v) is 9.42. The van der Waals surface area contributed by atoms with E-state index in [1.165, 1.54) is 62.0 Å².